The van der Waals surface area contributed by atoms with Crippen molar-refractivity contribution in [3.63, 3.8) is 0 Å². The zero-order chi connectivity index (χ0) is 16.2. The predicted molar refractivity (Wildman–Crippen MR) is 94.3 cm³/mol. The molecule has 4 heteroatoms. The molecule has 0 aliphatic carbocycles. The Morgan fingerprint density at radius 1 is 1.04 bits per heavy atom. The van der Waals surface area contributed by atoms with Gasteiger partial charge in [0.15, 0.2) is 0 Å². The number of hydrogen-bond acceptors (Lipinski definition) is 4. The highest BCUT2D eigenvalue weighted by atomic mass is 16.5. The van der Waals surface area contributed by atoms with Gasteiger partial charge in [-0.25, -0.2) is 0 Å². The SMILES string of the molecule is Cc1cc(O)c(C=Nc2ccc(N3CCOCC3)cc2)cc1C. The lowest BCUT2D eigenvalue weighted by Crippen LogP contribution is -2.36. The van der Waals surface area contributed by atoms with Gasteiger partial charge in [-0.15, -0.1) is 0 Å². The van der Waals surface area contributed by atoms with Crippen LogP contribution in [0.15, 0.2) is 41.4 Å². The Morgan fingerprint density at radius 2 is 1.70 bits per heavy atom. The first kappa shape index (κ1) is 15.6. The van der Waals surface area contributed by atoms with Crippen LogP contribution in [0.3, 0.4) is 0 Å². The summed E-state index contributed by atoms with van der Waals surface area (Å²) in [6.07, 6.45) is 1.71. The van der Waals surface area contributed by atoms with Gasteiger partial charge in [0.1, 0.15) is 5.75 Å². The summed E-state index contributed by atoms with van der Waals surface area (Å²) < 4.78 is 5.37. The van der Waals surface area contributed by atoms with Gasteiger partial charge >= 0.3 is 0 Å². The van der Waals surface area contributed by atoms with E-state index in [0.29, 0.717) is 0 Å². The topological polar surface area (TPSA) is 45.1 Å². The molecule has 1 fully saturated rings. The van der Waals surface area contributed by atoms with E-state index in [1.807, 2.05) is 32.0 Å². The highest BCUT2D eigenvalue weighted by Crippen LogP contribution is 2.23. The minimum atomic E-state index is 0.266. The van der Waals surface area contributed by atoms with E-state index < -0.39 is 0 Å². The largest absolute Gasteiger partial charge is 0.507 e. The number of rotatable bonds is 3. The van der Waals surface area contributed by atoms with Gasteiger partial charge in [-0.05, 0) is 61.4 Å². The van der Waals surface area contributed by atoms with Gasteiger partial charge in [-0.2, -0.15) is 0 Å². The van der Waals surface area contributed by atoms with Gasteiger partial charge < -0.3 is 14.7 Å². The van der Waals surface area contributed by atoms with Crippen molar-refractivity contribution in [2.45, 2.75) is 13.8 Å². The Labute approximate surface area is 137 Å². The van der Waals surface area contributed by atoms with E-state index in [1.165, 1.54) is 5.69 Å². The molecule has 1 aliphatic rings. The van der Waals surface area contributed by atoms with Gasteiger partial charge in [0.25, 0.3) is 0 Å². The normalized spacial score (nSPS) is 15.3. The first-order valence-electron chi connectivity index (χ1n) is 7.90. The summed E-state index contributed by atoms with van der Waals surface area (Å²) in [4.78, 5) is 6.78. The summed E-state index contributed by atoms with van der Waals surface area (Å²) in [5.74, 6) is 0.266. The number of ether oxygens (including phenoxy) is 1. The molecule has 2 aromatic carbocycles. The van der Waals surface area contributed by atoms with E-state index in [2.05, 4.69) is 22.0 Å². The minimum Gasteiger partial charge on any atom is -0.507 e. The van der Waals surface area contributed by atoms with E-state index in [9.17, 15) is 5.11 Å². The van der Waals surface area contributed by atoms with Crippen molar-refractivity contribution in [2.24, 2.45) is 4.99 Å². The minimum absolute atomic E-state index is 0.266. The van der Waals surface area contributed by atoms with E-state index in [-0.39, 0.29) is 5.75 Å². The summed E-state index contributed by atoms with van der Waals surface area (Å²) in [6, 6.07) is 11.9. The highest BCUT2D eigenvalue weighted by molar-refractivity contribution is 5.86. The molecule has 0 spiro atoms. The lowest BCUT2D eigenvalue weighted by Gasteiger charge is -2.28. The van der Waals surface area contributed by atoms with Crippen LogP contribution in [-0.2, 0) is 4.74 Å². The molecular weight excluding hydrogens is 288 g/mol. The van der Waals surface area contributed by atoms with Crippen molar-refractivity contribution in [2.75, 3.05) is 31.2 Å². The molecule has 0 saturated carbocycles. The molecule has 0 bridgehead atoms. The Kier molecular flexibility index (Phi) is 4.63. The number of aromatic hydroxyl groups is 1. The zero-order valence-electron chi connectivity index (χ0n) is 13.6. The number of benzene rings is 2. The van der Waals surface area contributed by atoms with Crippen LogP contribution in [-0.4, -0.2) is 37.6 Å². The van der Waals surface area contributed by atoms with Crippen molar-refractivity contribution >= 4 is 17.6 Å². The molecule has 1 N–H and O–H groups in total. The fraction of sp³-hybridized carbons (Fsp3) is 0.316. The van der Waals surface area contributed by atoms with Crippen LogP contribution in [0.1, 0.15) is 16.7 Å². The third-order valence-electron chi connectivity index (χ3n) is 4.22. The summed E-state index contributed by atoms with van der Waals surface area (Å²) in [5, 5.41) is 10.00. The van der Waals surface area contributed by atoms with E-state index in [4.69, 9.17) is 4.74 Å². The summed E-state index contributed by atoms with van der Waals surface area (Å²) >= 11 is 0. The van der Waals surface area contributed by atoms with Crippen molar-refractivity contribution in [3.8, 4) is 5.75 Å². The van der Waals surface area contributed by atoms with Gasteiger partial charge in [-0.3, -0.25) is 4.99 Å². The zero-order valence-corrected chi connectivity index (χ0v) is 13.6. The summed E-state index contributed by atoms with van der Waals surface area (Å²) in [5.41, 5.74) is 5.03. The molecule has 1 heterocycles. The molecule has 3 rings (SSSR count). The molecule has 0 atom stereocenters. The Bertz CT molecular complexity index is 702. The number of nitrogens with zero attached hydrogens (tertiary/aromatic N) is 2. The number of morpholine rings is 1. The molecule has 1 saturated heterocycles. The number of phenolic OH excluding ortho intramolecular Hbond substituents is 1. The molecule has 120 valence electrons. The van der Waals surface area contributed by atoms with Gasteiger partial charge in [0, 0.05) is 30.6 Å². The second kappa shape index (κ2) is 6.84. The van der Waals surface area contributed by atoms with Crippen LogP contribution in [0, 0.1) is 13.8 Å². The van der Waals surface area contributed by atoms with Crippen LogP contribution < -0.4 is 4.90 Å². The van der Waals surface area contributed by atoms with Crippen molar-refractivity contribution in [1.82, 2.24) is 0 Å². The number of anilines is 1. The molecule has 0 aromatic heterocycles. The van der Waals surface area contributed by atoms with Crippen molar-refractivity contribution in [1.29, 1.82) is 0 Å². The van der Waals surface area contributed by atoms with E-state index in [1.54, 1.807) is 12.3 Å². The van der Waals surface area contributed by atoms with Gasteiger partial charge in [-0.1, -0.05) is 0 Å². The standard InChI is InChI=1S/C19H22N2O2/c1-14-11-16(19(22)12-15(14)2)13-20-17-3-5-18(6-4-17)21-7-9-23-10-8-21/h3-6,11-13,22H,7-10H2,1-2H3. The third kappa shape index (κ3) is 3.71. The Morgan fingerprint density at radius 3 is 2.39 bits per heavy atom. The summed E-state index contributed by atoms with van der Waals surface area (Å²) in [7, 11) is 0. The third-order valence-corrected chi connectivity index (χ3v) is 4.22. The quantitative estimate of drug-likeness (QED) is 0.881. The molecule has 2 aromatic rings. The van der Waals surface area contributed by atoms with Crippen molar-refractivity contribution in [3.05, 3.63) is 53.1 Å². The van der Waals surface area contributed by atoms with Crippen LogP contribution in [0.2, 0.25) is 0 Å². The second-order valence-electron chi connectivity index (χ2n) is 5.87. The maximum Gasteiger partial charge on any atom is 0.124 e. The van der Waals surface area contributed by atoms with Gasteiger partial charge in [0.2, 0.25) is 0 Å². The lowest BCUT2D eigenvalue weighted by molar-refractivity contribution is 0.122. The molecule has 0 amide bonds. The Hall–Kier alpha value is -2.33. The first-order chi connectivity index (χ1) is 11.1. The van der Waals surface area contributed by atoms with Crippen molar-refractivity contribution < 1.29 is 9.84 Å². The van der Waals surface area contributed by atoms with Gasteiger partial charge in [0.05, 0.1) is 18.9 Å². The fourth-order valence-corrected chi connectivity index (χ4v) is 2.64. The molecule has 0 radical (unpaired) electrons. The average Bonchev–Trinajstić information content (AvgIpc) is 2.58. The maximum atomic E-state index is 10.00. The van der Waals surface area contributed by atoms with Crippen LogP contribution in [0.5, 0.6) is 5.75 Å². The predicted octanol–water partition coefficient (Wildman–Crippen LogP) is 3.60. The first-order valence-corrected chi connectivity index (χ1v) is 7.90. The molecular formula is C19H22N2O2. The molecule has 0 unspecified atom stereocenters. The Balaban J connectivity index is 1.74. The van der Waals surface area contributed by atoms with Crippen LogP contribution in [0.4, 0.5) is 11.4 Å². The number of phenols is 1. The lowest BCUT2D eigenvalue weighted by atomic mass is 10.1. The maximum absolute atomic E-state index is 10.00. The van der Waals surface area contributed by atoms with Crippen LogP contribution in [0.25, 0.3) is 0 Å². The van der Waals surface area contributed by atoms with E-state index in [0.717, 1.165) is 48.7 Å². The average molecular weight is 310 g/mol. The highest BCUT2D eigenvalue weighted by Gasteiger charge is 2.10. The number of aryl methyl sites for hydroxylation is 2. The van der Waals surface area contributed by atoms with E-state index >= 15 is 0 Å². The number of aliphatic imine (C=N–C) groups is 1. The molecule has 4 nitrogen and oxygen atoms in total. The monoisotopic (exact) mass is 310 g/mol. The molecule has 1 aliphatic heterocycles. The second-order valence-corrected chi connectivity index (χ2v) is 5.87. The number of hydrogen-bond donors (Lipinski definition) is 1. The smallest absolute Gasteiger partial charge is 0.124 e. The van der Waals surface area contributed by atoms with Crippen LogP contribution >= 0.6 is 0 Å². The molecule has 23 heavy (non-hydrogen) atoms. The summed E-state index contributed by atoms with van der Waals surface area (Å²) in [6.45, 7) is 7.44. The fourth-order valence-electron chi connectivity index (χ4n) is 2.64.